The molecule has 3 aromatic heterocycles. The second-order valence-corrected chi connectivity index (χ2v) is 7.50. The molecular weight excluding hydrogens is 332 g/mol. The van der Waals surface area contributed by atoms with E-state index in [1.165, 1.54) is 4.83 Å². The Morgan fingerprint density at radius 1 is 1.36 bits per heavy atom. The fraction of sp³-hybridized carbons (Fsp3) is 0.263. The molecule has 0 spiro atoms. The van der Waals surface area contributed by atoms with Crippen LogP contribution in [0, 0.1) is 0 Å². The molecule has 0 radical (unpaired) electrons. The van der Waals surface area contributed by atoms with Crippen LogP contribution in [0.2, 0.25) is 0 Å². The topological polar surface area (TPSA) is 53.4 Å². The van der Waals surface area contributed by atoms with Gasteiger partial charge in [0.25, 0.3) is 0 Å². The number of hydrogen-bond donors (Lipinski definition) is 1. The number of H-pyrrole nitrogens is 1. The van der Waals surface area contributed by atoms with Gasteiger partial charge in [-0.05, 0) is 18.1 Å². The number of aromatic amines is 1. The zero-order chi connectivity index (χ0) is 16.8. The minimum absolute atomic E-state index is 0.203. The van der Waals surface area contributed by atoms with Gasteiger partial charge in [-0.15, -0.1) is 11.3 Å². The Balaban J connectivity index is 1.33. The van der Waals surface area contributed by atoms with Crippen molar-refractivity contribution in [1.29, 1.82) is 0 Å². The third-order valence-electron chi connectivity index (χ3n) is 5.12. The number of nitrogens with zero attached hydrogens (tertiary/aromatic N) is 3. The number of aromatic nitrogens is 3. The summed E-state index contributed by atoms with van der Waals surface area (Å²) in [6.07, 6.45) is 7.31. The molecule has 1 atom stereocenters. The normalized spacial score (nSPS) is 17.8. The van der Waals surface area contributed by atoms with Gasteiger partial charge >= 0.3 is 0 Å². The Kier molecular flexibility index (Phi) is 3.38. The van der Waals surface area contributed by atoms with Crippen LogP contribution in [0.1, 0.15) is 23.6 Å². The molecule has 1 aliphatic rings. The fourth-order valence-corrected chi connectivity index (χ4v) is 4.69. The van der Waals surface area contributed by atoms with Gasteiger partial charge in [0.2, 0.25) is 5.91 Å². The number of carbonyl (C=O) groups is 1. The Hall–Kier alpha value is -2.60. The Morgan fingerprint density at radius 3 is 3.24 bits per heavy atom. The molecule has 0 aliphatic carbocycles. The van der Waals surface area contributed by atoms with Crippen LogP contribution in [0.5, 0.6) is 0 Å². The molecule has 25 heavy (non-hydrogen) atoms. The van der Waals surface area contributed by atoms with Crippen LogP contribution in [-0.2, 0) is 11.2 Å². The summed E-state index contributed by atoms with van der Waals surface area (Å²) < 4.78 is 2.07. The molecule has 0 unspecified atom stereocenters. The van der Waals surface area contributed by atoms with Crippen LogP contribution in [-0.4, -0.2) is 38.3 Å². The van der Waals surface area contributed by atoms with E-state index in [0.717, 1.165) is 41.7 Å². The van der Waals surface area contributed by atoms with Gasteiger partial charge in [0.05, 0.1) is 12.1 Å². The summed E-state index contributed by atoms with van der Waals surface area (Å²) in [6, 6.07) is 8.13. The lowest BCUT2D eigenvalue weighted by molar-refractivity contribution is -0.129. The van der Waals surface area contributed by atoms with Crippen molar-refractivity contribution in [1.82, 2.24) is 19.3 Å². The predicted molar refractivity (Wildman–Crippen MR) is 99.0 cm³/mol. The zero-order valence-corrected chi connectivity index (χ0v) is 14.5. The second-order valence-electron chi connectivity index (χ2n) is 6.61. The van der Waals surface area contributed by atoms with Crippen LogP contribution in [0.4, 0.5) is 0 Å². The summed E-state index contributed by atoms with van der Waals surface area (Å²) in [5.74, 6) is 0.546. The molecule has 1 N–H and O–H groups in total. The number of benzene rings is 1. The third kappa shape index (κ3) is 2.44. The first-order chi connectivity index (χ1) is 12.3. The lowest BCUT2D eigenvalue weighted by Gasteiger charge is -2.16. The van der Waals surface area contributed by atoms with Crippen LogP contribution >= 0.6 is 11.3 Å². The Labute approximate surface area is 148 Å². The largest absolute Gasteiger partial charge is 0.361 e. The van der Waals surface area contributed by atoms with Crippen molar-refractivity contribution in [3.63, 3.8) is 0 Å². The molecule has 0 saturated carbocycles. The molecule has 1 saturated heterocycles. The quantitative estimate of drug-likeness (QED) is 0.615. The van der Waals surface area contributed by atoms with Crippen molar-refractivity contribution in [3.8, 4) is 0 Å². The number of carbonyl (C=O) groups excluding carboxylic acids is 1. The summed E-state index contributed by atoms with van der Waals surface area (Å²) in [5, 5.41) is 3.22. The summed E-state index contributed by atoms with van der Waals surface area (Å²) in [7, 11) is 0. The first-order valence-corrected chi connectivity index (χ1v) is 9.40. The van der Waals surface area contributed by atoms with Crippen molar-refractivity contribution in [2.75, 3.05) is 13.1 Å². The van der Waals surface area contributed by atoms with Crippen molar-refractivity contribution in [3.05, 3.63) is 59.6 Å². The van der Waals surface area contributed by atoms with Gasteiger partial charge in [0.15, 0.2) is 0 Å². The van der Waals surface area contributed by atoms with E-state index in [-0.39, 0.29) is 5.91 Å². The summed E-state index contributed by atoms with van der Waals surface area (Å²) in [6.45, 7) is 1.59. The highest BCUT2D eigenvalue weighted by molar-refractivity contribution is 7.15. The number of amides is 1. The van der Waals surface area contributed by atoms with E-state index in [2.05, 4.69) is 25.8 Å². The van der Waals surface area contributed by atoms with Gasteiger partial charge < -0.3 is 9.88 Å². The van der Waals surface area contributed by atoms with Crippen molar-refractivity contribution in [2.45, 2.75) is 18.8 Å². The minimum atomic E-state index is 0.203. The van der Waals surface area contributed by atoms with E-state index in [1.54, 1.807) is 11.3 Å². The number of hydrogen-bond acceptors (Lipinski definition) is 3. The zero-order valence-electron chi connectivity index (χ0n) is 13.7. The predicted octanol–water partition coefficient (Wildman–Crippen LogP) is 3.44. The molecule has 0 bridgehead atoms. The Bertz CT molecular complexity index is 1060. The van der Waals surface area contributed by atoms with Crippen LogP contribution < -0.4 is 0 Å². The van der Waals surface area contributed by atoms with E-state index in [4.69, 9.17) is 0 Å². The van der Waals surface area contributed by atoms with E-state index >= 15 is 0 Å². The average molecular weight is 350 g/mol. The Morgan fingerprint density at radius 2 is 2.28 bits per heavy atom. The van der Waals surface area contributed by atoms with Crippen LogP contribution in [0.15, 0.2) is 48.4 Å². The number of likely N-dealkylation sites (tertiary alicyclic amines) is 1. The molecule has 4 aromatic rings. The number of imidazole rings is 1. The third-order valence-corrected chi connectivity index (χ3v) is 6.02. The van der Waals surface area contributed by atoms with E-state index < -0.39 is 0 Å². The SMILES string of the molecule is O=C(Cc1c[nH]c2ccccc12)N1CC[C@H](c2ncn3ccsc23)C1. The monoisotopic (exact) mass is 350 g/mol. The van der Waals surface area contributed by atoms with Gasteiger partial charge in [-0.1, -0.05) is 18.2 Å². The molecule has 126 valence electrons. The van der Waals surface area contributed by atoms with Gasteiger partial charge in [-0.3, -0.25) is 9.20 Å². The standard InChI is InChI=1S/C19H18N4OS/c24-17(9-14-10-20-16-4-2-1-3-15(14)16)22-6-5-13(11-22)18-19-23(12-21-18)7-8-25-19/h1-4,7-8,10,12-13,20H,5-6,9,11H2/t13-/m0/s1. The maximum Gasteiger partial charge on any atom is 0.227 e. The molecule has 1 fully saturated rings. The van der Waals surface area contributed by atoms with Gasteiger partial charge in [-0.2, -0.15) is 0 Å². The van der Waals surface area contributed by atoms with Crippen LogP contribution in [0.25, 0.3) is 15.7 Å². The second kappa shape index (κ2) is 5.74. The highest BCUT2D eigenvalue weighted by Gasteiger charge is 2.30. The van der Waals surface area contributed by atoms with E-state index in [9.17, 15) is 4.79 Å². The number of para-hydroxylation sites is 1. The van der Waals surface area contributed by atoms with Gasteiger partial charge in [0, 0.05) is 47.7 Å². The smallest absolute Gasteiger partial charge is 0.227 e. The summed E-state index contributed by atoms with van der Waals surface area (Å²) >= 11 is 1.72. The minimum Gasteiger partial charge on any atom is -0.361 e. The molecular formula is C19H18N4OS. The molecule has 1 aromatic carbocycles. The first-order valence-electron chi connectivity index (χ1n) is 8.52. The molecule has 4 heterocycles. The fourth-order valence-electron chi connectivity index (χ4n) is 3.79. The number of thiazole rings is 1. The van der Waals surface area contributed by atoms with Crippen molar-refractivity contribution in [2.24, 2.45) is 0 Å². The lowest BCUT2D eigenvalue weighted by Crippen LogP contribution is -2.29. The summed E-state index contributed by atoms with van der Waals surface area (Å²) in [5.41, 5.74) is 3.30. The van der Waals surface area contributed by atoms with Gasteiger partial charge in [-0.25, -0.2) is 4.98 Å². The van der Waals surface area contributed by atoms with Crippen molar-refractivity contribution >= 4 is 33.0 Å². The number of fused-ring (bicyclic) bond motifs is 2. The number of rotatable bonds is 3. The maximum atomic E-state index is 12.8. The van der Waals surface area contributed by atoms with Gasteiger partial charge in [0.1, 0.15) is 11.2 Å². The molecule has 1 amide bonds. The molecule has 5 rings (SSSR count). The highest BCUT2D eigenvalue weighted by Crippen LogP contribution is 2.31. The van der Waals surface area contributed by atoms with Crippen LogP contribution in [0.3, 0.4) is 0 Å². The van der Waals surface area contributed by atoms with E-state index in [0.29, 0.717) is 12.3 Å². The van der Waals surface area contributed by atoms with E-state index in [1.807, 2.05) is 41.8 Å². The highest BCUT2D eigenvalue weighted by atomic mass is 32.1. The maximum absolute atomic E-state index is 12.8. The molecule has 6 heteroatoms. The number of nitrogens with one attached hydrogen (secondary N) is 1. The first kappa shape index (κ1) is 14.7. The molecule has 5 nitrogen and oxygen atoms in total. The lowest BCUT2D eigenvalue weighted by atomic mass is 10.1. The average Bonchev–Trinajstić information content (AvgIpc) is 3.38. The molecule has 1 aliphatic heterocycles. The summed E-state index contributed by atoms with van der Waals surface area (Å²) in [4.78, 5) is 23.8. The van der Waals surface area contributed by atoms with Crippen molar-refractivity contribution < 1.29 is 4.79 Å².